The van der Waals surface area contributed by atoms with Gasteiger partial charge in [-0.05, 0) is 50.1 Å². The van der Waals surface area contributed by atoms with E-state index in [4.69, 9.17) is 4.74 Å². The molecule has 2 aromatic carbocycles. The van der Waals surface area contributed by atoms with Gasteiger partial charge in [-0.3, -0.25) is 4.79 Å². The van der Waals surface area contributed by atoms with Crippen molar-refractivity contribution in [3.8, 4) is 5.75 Å². The van der Waals surface area contributed by atoms with Crippen molar-refractivity contribution in [3.05, 3.63) is 65.7 Å². The minimum Gasteiger partial charge on any atom is -0.489 e. The van der Waals surface area contributed by atoms with Crippen molar-refractivity contribution < 1.29 is 9.53 Å². The molecule has 0 aromatic heterocycles. The number of hydrogen-bond acceptors (Lipinski definition) is 3. The summed E-state index contributed by atoms with van der Waals surface area (Å²) < 4.78 is 5.80. The maximum absolute atomic E-state index is 12.5. The second-order valence-electron chi connectivity index (χ2n) is 6.27. The Balaban J connectivity index is 1.60. The quantitative estimate of drug-likeness (QED) is 0.888. The fourth-order valence-corrected chi connectivity index (χ4v) is 2.96. The smallest absolute Gasteiger partial charge is 0.251 e. The summed E-state index contributed by atoms with van der Waals surface area (Å²) in [6.07, 6.45) is 2.11. The van der Waals surface area contributed by atoms with Gasteiger partial charge in [0.2, 0.25) is 0 Å². The fourth-order valence-electron chi connectivity index (χ4n) is 2.96. The van der Waals surface area contributed by atoms with Crippen LogP contribution in [-0.2, 0) is 6.61 Å². The molecule has 1 fully saturated rings. The lowest BCUT2D eigenvalue weighted by Gasteiger charge is -2.30. The highest BCUT2D eigenvalue weighted by Gasteiger charge is 2.22. The van der Waals surface area contributed by atoms with Crippen LogP contribution in [0.15, 0.2) is 54.6 Å². The maximum Gasteiger partial charge on any atom is 0.251 e. The highest BCUT2D eigenvalue weighted by molar-refractivity contribution is 5.94. The first-order chi connectivity index (χ1) is 11.7. The average molecular weight is 324 g/mol. The van der Waals surface area contributed by atoms with E-state index in [1.807, 2.05) is 48.5 Å². The largest absolute Gasteiger partial charge is 0.489 e. The van der Waals surface area contributed by atoms with Crippen LogP contribution < -0.4 is 15.4 Å². The molecule has 0 aliphatic carbocycles. The minimum absolute atomic E-state index is 0.0410. The zero-order chi connectivity index (χ0) is 16.8. The molecular formula is C20H24N2O2. The van der Waals surface area contributed by atoms with Crippen LogP contribution in [0.4, 0.5) is 0 Å². The number of rotatable bonds is 5. The summed E-state index contributed by atoms with van der Waals surface area (Å²) in [5, 5.41) is 6.53. The first-order valence-electron chi connectivity index (χ1n) is 8.53. The van der Waals surface area contributed by atoms with E-state index in [1.54, 1.807) is 6.07 Å². The van der Waals surface area contributed by atoms with Gasteiger partial charge in [-0.15, -0.1) is 0 Å². The molecule has 1 amide bonds. The number of benzene rings is 2. The second-order valence-corrected chi connectivity index (χ2v) is 6.27. The van der Waals surface area contributed by atoms with Crippen LogP contribution in [0.3, 0.4) is 0 Å². The van der Waals surface area contributed by atoms with Gasteiger partial charge in [0.15, 0.2) is 0 Å². The molecular weight excluding hydrogens is 300 g/mol. The maximum atomic E-state index is 12.5. The molecule has 1 aliphatic rings. The molecule has 2 aromatic rings. The van der Waals surface area contributed by atoms with E-state index >= 15 is 0 Å². The minimum atomic E-state index is -0.0410. The van der Waals surface area contributed by atoms with Gasteiger partial charge in [-0.2, -0.15) is 0 Å². The van der Waals surface area contributed by atoms with Crippen molar-refractivity contribution in [2.24, 2.45) is 0 Å². The van der Waals surface area contributed by atoms with Crippen molar-refractivity contribution in [2.75, 3.05) is 6.54 Å². The van der Waals surface area contributed by atoms with E-state index in [9.17, 15) is 4.79 Å². The highest BCUT2D eigenvalue weighted by Crippen LogP contribution is 2.16. The Morgan fingerprint density at radius 3 is 2.83 bits per heavy atom. The number of piperidine rings is 1. The second kappa shape index (κ2) is 7.97. The molecule has 2 N–H and O–H groups in total. The first kappa shape index (κ1) is 16.5. The lowest BCUT2D eigenvalue weighted by molar-refractivity contribution is 0.0919. The Morgan fingerprint density at radius 2 is 2.04 bits per heavy atom. The van der Waals surface area contributed by atoms with Crippen LogP contribution in [0, 0.1) is 0 Å². The van der Waals surface area contributed by atoms with Gasteiger partial charge >= 0.3 is 0 Å². The van der Waals surface area contributed by atoms with Crippen LogP contribution >= 0.6 is 0 Å². The summed E-state index contributed by atoms with van der Waals surface area (Å²) in [4.78, 5) is 12.5. The third-order valence-electron chi connectivity index (χ3n) is 4.42. The van der Waals surface area contributed by atoms with Crippen molar-refractivity contribution in [1.82, 2.24) is 10.6 Å². The predicted octanol–water partition coefficient (Wildman–Crippen LogP) is 3.14. The summed E-state index contributed by atoms with van der Waals surface area (Å²) in [5.41, 5.74) is 1.74. The monoisotopic (exact) mass is 324 g/mol. The van der Waals surface area contributed by atoms with Crippen molar-refractivity contribution in [1.29, 1.82) is 0 Å². The molecule has 3 rings (SSSR count). The van der Waals surface area contributed by atoms with Crippen molar-refractivity contribution >= 4 is 5.91 Å². The molecule has 0 spiro atoms. The van der Waals surface area contributed by atoms with E-state index in [0.717, 1.165) is 24.9 Å². The molecule has 0 saturated carbocycles. The van der Waals surface area contributed by atoms with Crippen LogP contribution in [0.1, 0.15) is 35.7 Å². The number of amides is 1. The number of nitrogens with one attached hydrogen (secondary N) is 2. The molecule has 2 unspecified atom stereocenters. The van der Waals surface area contributed by atoms with Gasteiger partial charge in [-0.1, -0.05) is 36.4 Å². The average Bonchev–Trinajstić information content (AvgIpc) is 2.63. The van der Waals surface area contributed by atoms with E-state index in [1.165, 1.54) is 0 Å². The standard InChI is InChI=1S/C20H24N2O2/c1-15-19(11-6-12-21-15)22-20(23)17-9-5-10-18(13-17)24-14-16-7-3-2-4-8-16/h2-5,7-10,13,15,19,21H,6,11-12,14H2,1H3,(H,22,23). The van der Waals surface area contributed by atoms with Gasteiger partial charge in [0, 0.05) is 17.6 Å². The molecule has 1 aliphatic heterocycles. The van der Waals surface area contributed by atoms with Gasteiger partial charge in [0.1, 0.15) is 12.4 Å². The van der Waals surface area contributed by atoms with Crippen molar-refractivity contribution in [2.45, 2.75) is 38.5 Å². The predicted molar refractivity (Wildman–Crippen MR) is 95.2 cm³/mol. The number of carbonyl (C=O) groups excluding carboxylic acids is 1. The summed E-state index contributed by atoms with van der Waals surface area (Å²) >= 11 is 0. The van der Waals surface area contributed by atoms with Crippen LogP contribution in [-0.4, -0.2) is 24.5 Å². The molecule has 4 heteroatoms. The summed E-state index contributed by atoms with van der Waals surface area (Å²) in [7, 11) is 0. The molecule has 0 bridgehead atoms. The topological polar surface area (TPSA) is 50.4 Å². The number of ether oxygens (including phenoxy) is 1. The zero-order valence-corrected chi connectivity index (χ0v) is 14.0. The lowest BCUT2D eigenvalue weighted by atomic mass is 9.99. The molecule has 1 heterocycles. The normalized spacial score (nSPS) is 20.4. The third kappa shape index (κ3) is 4.36. The van der Waals surface area contributed by atoms with Crippen LogP contribution in [0.5, 0.6) is 5.75 Å². The van der Waals surface area contributed by atoms with E-state index < -0.39 is 0 Å². The Morgan fingerprint density at radius 1 is 1.21 bits per heavy atom. The van der Waals surface area contributed by atoms with Gasteiger partial charge in [-0.25, -0.2) is 0 Å². The van der Waals surface area contributed by atoms with E-state index in [2.05, 4.69) is 17.6 Å². The molecule has 24 heavy (non-hydrogen) atoms. The van der Waals surface area contributed by atoms with Crippen LogP contribution in [0.25, 0.3) is 0 Å². The Kier molecular flexibility index (Phi) is 5.49. The van der Waals surface area contributed by atoms with Gasteiger partial charge < -0.3 is 15.4 Å². The molecule has 126 valence electrons. The van der Waals surface area contributed by atoms with E-state index in [-0.39, 0.29) is 11.9 Å². The molecule has 4 nitrogen and oxygen atoms in total. The molecule has 0 radical (unpaired) electrons. The van der Waals surface area contributed by atoms with Crippen LogP contribution in [0.2, 0.25) is 0 Å². The van der Waals surface area contributed by atoms with Gasteiger partial charge in [0.25, 0.3) is 5.91 Å². The van der Waals surface area contributed by atoms with E-state index in [0.29, 0.717) is 24.0 Å². The third-order valence-corrected chi connectivity index (χ3v) is 4.42. The lowest BCUT2D eigenvalue weighted by Crippen LogP contribution is -2.51. The Labute approximate surface area is 143 Å². The summed E-state index contributed by atoms with van der Waals surface area (Å²) in [6.45, 7) is 3.63. The zero-order valence-electron chi connectivity index (χ0n) is 14.0. The highest BCUT2D eigenvalue weighted by atomic mass is 16.5. The first-order valence-corrected chi connectivity index (χ1v) is 8.53. The summed E-state index contributed by atoms with van der Waals surface area (Å²) in [5.74, 6) is 0.669. The Hall–Kier alpha value is -2.33. The number of carbonyl (C=O) groups is 1. The fraction of sp³-hybridized carbons (Fsp3) is 0.350. The Bertz CT molecular complexity index is 672. The molecule has 2 atom stereocenters. The number of hydrogen-bond donors (Lipinski definition) is 2. The van der Waals surface area contributed by atoms with Gasteiger partial charge in [0.05, 0.1) is 0 Å². The van der Waals surface area contributed by atoms with Crippen molar-refractivity contribution in [3.63, 3.8) is 0 Å². The SMILES string of the molecule is CC1NCCCC1NC(=O)c1cccc(OCc2ccccc2)c1. The summed E-state index contributed by atoms with van der Waals surface area (Å²) in [6, 6.07) is 17.9. The molecule has 1 saturated heterocycles.